The van der Waals surface area contributed by atoms with Gasteiger partial charge in [-0.1, -0.05) is 23.7 Å². The predicted molar refractivity (Wildman–Crippen MR) is 75.5 cm³/mol. The minimum absolute atomic E-state index is 0.186. The molecule has 18 heavy (non-hydrogen) atoms. The molecule has 0 N–H and O–H groups in total. The maximum Gasteiger partial charge on any atom is 0.144 e. The summed E-state index contributed by atoms with van der Waals surface area (Å²) in [6.45, 7) is 4.00. The number of ketones is 1. The van der Waals surface area contributed by atoms with Gasteiger partial charge in [-0.25, -0.2) is 4.98 Å². The minimum atomic E-state index is 0.186. The van der Waals surface area contributed by atoms with Crippen LogP contribution in [-0.4, -0.2) is 10.8 Å². The lowest BCUT2D eigenvalue weighted by Crippen LogP contribution is -2.06. The highest BCUT2D eigenvalue weighted by Gasteiger charge is 2.10. The highest BCUT2D eigenvalue weighted by atomic mass is 35.5. The van der Waals surface area contributed by atoms with Crippen molar-refractivity contribution in [2.75, 3.05) is 0 Å². The maximum absolute atomic E-state index is 11.9. The van der Waals surface area contributed by atoms with Gasteiger partial charge in [-0.3, -0.25) is 4.79 Å². The van der Waals surface area contributed by atoms with Crippen LogP contribution in [-0.2, 0) is 17.6 Å². The van der Waals surface area contributed by atoms with Crippen LogP contribution in [0.3, 0.4) is 0 Å². The molecule has 1 aromatic heterocycles. The fourth-order valence-corrected chi connectivity index (χ4v) is 2.76. The Balaban J connectivity index is 1.98. The van der Waals surface area contributed by atoms with Gasteiger partial charge in [0.1, 0.15) is 10.8 Å². The second kappa shape index (κ2) is 5.63. The van der Waals surface area contributed by atoms with Crippen molar-refractivity contribution in [1.82, 2.24) is 4.98 Å². The molecule has 2 nitrogen and oxygen atoms in total. The molecule has 1 aromatic carbocycles. The standard InChI is InChI=1S/C14H14ClNOS/c1-9-10(2)18-14(16-9)8-13(17)7-11-3-5-12(15)6-4-11/h3-6H,7-8H2,1-2H3. The van der Waals surface area contributed by atoms with Gasteiger partial charge in [0.2, 0.25) is 0 Å². The van der Waals surface area contributed by atoms with E-state index in [1.165, 1.54) is 4.88 Å². The van der Waals surface area contributed by atoms with Crippen LogP contribution in [0.2, 0.25) is 5.02 Å². The van der Waals surface area contributed by atoms with Gasteiger partial charge in [-0.05, 0) is 31.5 Å². The van der Waals surface area contributed by atoms with Crippen LogP contribution in [0.15, 0.2) is 24.3 Å². The van der Waals surface area contributed by atoms with Crippen LogP contribution in [0.5, 0.6) is 0 Å². The highest BCUT2D eigenvalue weighted by Crippen LogP contribution is 2.18. The predicted octanol–water partition coefficient (Wildman–Crippen LogP) is 3.77. The normalized spacial score (nSPS) is 10.6. The first kappa shape index (κ1) is 13.2. The summed E-state index contributed by atoms with van der Waals surface area (Å²) in [5, 5.41) is 1.60. The number of Topliss-reactive ketones (excluding diaryl/α,β-unsaturated/α-hetero) is 1. The summed E-state index contributed by atoms with van der Waals surface area (Å²) in [5.41, 5.74) is 2.02. The van der Waals surface area contributed by atoms with E-state index >= 15 is 0 Å². The third kappa shape index (κ3) is 3.40. The third-order valence-electron chi connectivity index (χ3n) is 2.74. The maximum atomic E-state index is 11.9. The lowest BCUT2D eigenvalue weighted by Gasteiger charge is -1.99. The summed E-state index contributed by atoms with van der Waals surface area (Å²) >= 11 is 7.41. The second-order valence-electron chi connectivity index (χ2n) is 4.27. The molecule has 1 heterocycles. The van der Waals surface area contributed by atoms with E-state index in [-0.39, 0.29) is 5.78 Å². The van der Waals surface area contributed by atoms with Gasteiger partial charge in [0, 0.05) is 16.3 Å². The molecule has 0 radical (unpaired) electrons. The number of aromatic nitrogens is 1. The summed E-state index contributed by atoms with van der Waals surface area (Å²) in [4.78, 5) is 17.5. The van der Waals surface area contributed by atoms with Gasteiger partial charge in [0.05, 0.1) is 12.1 Å². The number of hydrogen-bond donors (Lipinski definition) is 0. The lowest BCUT2D eigenvalue weighted by atomic mass is 10.1. The van der Waals surface area contributed by atoms with E-state index in [1.807, 2.05) is 38.1 Å². The van der Waals surface area contributed by atoms with Crippen LogP contribution in [0.4, 0.5) is 0 Å². The Bertz CT molecular complexity index is 540. The Morgan fingerprint density at radius 2 is 1.89 bits per heavy atom. The van der Waals surface area contributed by atoms with Crippen LogP contribution in [0.1, 0.15) is 21.1 Å². The first-order valence-electron chi connectivity index (χ1n) is 5.73. The molecule has 0 unspecified atom stereocenters. The lowest BCUT2D eigenvalue weighted by molar-refractivity contribution is -0.117. The Kier molecular flexibility index (Phi) is 4.15. The van der Waals surface area contributed by atoms with Crippen molar-refractivity contribution >= 4 is 28.7 Å². The number of carbonyl (C=O) groups excluding carboxylic acids is 1. The van der Waals surface area contributed by atoms with Crippen LogP contribution in [0.25, 0.3) is 0 Å². The fourth-order valence-electron chi connectivity index (χ4n) is 1.68. The number of nitrogens with zero attached hydrogens (tertiary/aromatic N) is 1. The van der Waals surface area contributed by atoms with Gasteiger partial charge in [-0.15, -0.1) is 11.3 Å². The molecule has 0 saturated carbocycles. The van der Waals surface area contributed by atoms with Gasteiger partial charge in [-0.2, -0.15) is 0 Å². The van der Waals surface area contributed by atoms with Crippen molar-refractivity contribution in [2.45, 2.75) is 26.7 Å². The number of hydrogen-bond acceptors (Lipinski definition) is 3. The monoisotopic (exact) mass is 279 g/mol. The highest BCUT2D eigenvalue weighted by molar-refractivity contribution is 7.11. The number of thiazole rings is 1. The van der Waals surface area contributed by atoms with E-state index in [2.05, 4.69) is 4.98 Å². The molecule has 0 aliphatic rings. The molecule has 0 spiro atoms. The third-order valence-corrected chi connectivity index (χ3v) is 4.06. The number of rotatable bonds is 4. The largest absolute Gasteiger partial charge is 0.299 e. The molecule has 94 valence electrons. The van der Waals surface area contributed by atoms with Crippen molar-refractivity contribution in [1.29, 1.82) is 0 Å². The van der Waals surface area contributed by atoms with E-state index in [1.54, 1.807) is 11.3 Å². The summed E-state index contributed by atoms with van der Waals surface area (Å²) < 4.78 is 0. The second-order valence-corrected chi connectivity index (χ2v) is 5.99. The molecular weight excluding hydrogens is 266 g/mol. The van der Waals surface area contributed by atoms with E-state index in [0.29, 0.717) is 17.9 Å². The Hall–Kier alpha value is -1.19. The van der Waals surface area contributed by atoms with Crippen molar-refractivity contribution < 1.29 is 4.79 Å². The van der Waals surface area contributed by atoms with E-state index < -0.39 is 0 Å². The van der Waals surface area contributed by atoms with Gasteiger partial charge >= 0.3 is 0 Å². The van der Waals surface area contributed by atoms with Crippen LogP contribution in [0, 0.1) is 13.8 Å². The van der Waals surface area contributed by atoms with Gasteiger partial charge in [0.25, 0.3) is 0 Å². The van der Waals surface area contributed by atoms with Crippen molar-refractivity contribution in [2.24, 2.45) is 0 Å². The zero-order valence-electron chi connectivity index (χ0n) is 10.4. The SMILES string of the molecule is Cc1nc(CC(=O)Cc2ccc(Cl)cc2)sc1C. The smallest absolute Gasteiger partial charge is 0.144 e. The molecule has 0 saturated heterocycles. The molecule has 2 rings (SSSR count). The summed E-state index contributed by atoms with van der Waals surface area (Å²) in [6, 6.07) is 7.39. The van der Waals surface area contributed by atoms with E-state index in [4.69, 9.17) is 11.6 Å². The Morgan fingerprint density at radius 3 is 2.44 bits per heavy atom. The number of carbonyl (C=O) groups is 1. The average Bonchev–Trinajstić information content (AvgIpc) is 2.61. The molecule has 4 heteroatoms. The minimum Gasteiger partial charge on any atom is -0.299 e. The van der Waals surface area contributed by atoms with E-state index in [9.17, 15) is 4.79 Å². The zero-order valence-corrected chi connectivity index (χ0v) is 11.9. The molecular formula is C14H14ClNOS. The van der Waals surface area contributed by atoms with E-state index in [0.717, 1.165) is 16.3 Å². The summed E-state index contributed by atoms with van der Waals surface area (Å²) in [7, 11) is 0. The number of halogens is 1. The van der Waals surface area contributed by atoms with Crippen molar-refractivity contribution in [3.05, 3.63) is 50.4 Å². The molecule has 0 fully saturated rings. The molecule has 2 aromatic rings. The Labute approximate surface area is 116 Å². The molecule has 0 amide bonds. The molecule has 0 bridgehead atoms. The summed E-state index contributed by atoms with van der Waals surface area (Å²) in [5.74, 6) is 0.186. The van der Waals surface area contributed by atoms with Crippen LogP contribution >= 0.6 is 22.9 Å². The summed E-state index contributed by atoms with van der Waals surface area (Å²) in [6.07, 6.45) is 0.858. The van der Waals surface area contributed by atoms with Gasteiger partial charge in [0.15, 0.2) is 0 Å². The number of benzene rings is 1. The first-order valence-corrected chi connectivity index (χ1v) is 6.93. The molecule has 0 aliphatic carbocycles. The zero-order chi connectivity index (χ0) is 13.1. The fraction of sp³-hybridized carbons (Fsp3) is 0.286. The molecule has 0 atom stereocenters. The van der Waals surface area contributed by atoms with Gasteiger partial charge < -0.3 is 0 Å². The van der Waals surface area contributed by atoms with Crippen molar-refractivity contribution in [3.8, 4) is 0 Å². The van der Waals surface area contributed by atoms with Crippen LogP contribution < -0.4 is 0 Å². The average molecular weight is 280 g/mol. The Morgan fingerprint density at radius 1 is 1.22 bits per heavy atom. The first-order chi connectivity index (χ1) is 8.54. The van der Waals surface area contributed by atoms with Crippen molar-refractivity contribution in [3.63, 3.8) is 0 Å². The number of aryl methyl sites for hydroxylation is 2. The quantitative estimate of drug-likeness (QED) is 0.853. The topological polar surface area (TPSA) is 30.0 Å². The molecule has 0 aliphatic heterocycles.